The second kappa shape index (κ2) is 7.60. The minimum absolute atomic E-state index is 0.186. The van der Waals surface area contributed by atoms with Crippen LogP contribution in [0, 0.1) is 0 Å². The van der Waals surface area contributed by atoms with Gasteiger partial charge in [0.1, 0.15) is 6.04 Å². The summed E-state index contributed by atoms with van der Waals surface area (Å²) in [4.78, 5) is 12.6. The molecule has 0 bridgehead atoms. The maximum absolute atomic E-state index is 12.6. The molecular formula is C20H24N2O3S. The summed E-state index contributed by atoms with van der Waals surface area (Å²) in [5, 5.41) is 2.95. The van der Waals surface area contributed by atoms with Gasteiger partial charge in [0, 0.05) is 6.54 Å². The molecular weight excluding hydrogens is 348 g/mol. The highest BCUT2D eigenvalue weighted by atomic mass is 32.2. The van der Waals surface area contributed by atoms with Gasteiger partial charge < -0.3 is 5.32 Å². The van der Waals surface area contributed by atoms with E-state index in [1.807, 2.05) is 49.4 Å². The number of rotatable bonds is 5. The SMILES string of the molecule is C[C@@H](NC(=O)[C@H]1CCCN1S(C)(=O)=O)c1ccc(-c2ccccc2)cc1. The first-order valence-corrected chi connectivity index (χ1v) is 10.6. The van der Waals surface area contributed by atoms with Gasteiger partial charge in [-0.2, -0.15) is 4.31 Å². The summed E-state index contributed by atoms with van der Waals surface area (Å²) in [7, 11) is -3.36. The first-order chi connectivity index (χ1) is 12.4. The molecule has 1 fully saturated rings. The quantitative estimate of drug-likeness (QED) is 0.877. The van der Waals surface area contributed by atoms with E-state index in [4.69, 9.17) is 0 Å². The summed E-state index contributed by atoms with van der Waals surface area (Å²) in [6.07, 6.45) is 2.44. The van der Waals surface area contributed by atoms with Gasteiger partial charge in [0.05, 0.1) is 12.3 Å². The minimum Gasteiger partial charge on any atom is -0.348 e. The first-order valence-electron chi connectivity index (χ1n) is 8.79. The predicted octanol–water partition coefficient (Wildman–Crippen LogP) is 2.95. The molecule has 3 rings (SSSR count). The molecule has 1 heterocycles. The average Bonchev–Trinajstić information content (AvgIpc) is 3.13. The first kappa shape index (κ1) is 18.6. The van der Waals surface area contributed by atoms with E-state index in [-0.39, 0.29) is 11.9 Å². The molecule has 1 aliphatic rings. The number of carbonyl (C=O) groups is 1. The van der Waals surface area contributed by atoms with Crippen LogP contribution in [0.4, 0.5) is 0 Å². The number of hydrogen-bond acceptors (Lipinski definition) is 3. The molecule has 0 aromatic heterocycles. The van der Waals surface area contributed by atoms with Gasteiger partial charge >= 0.3 is 0 Å². The van der Waals surface area contributed by atoms with Gasteiger partial charge in [0.15, 0.2) is 0 Å². The molecule has 5 nitrogen and oxygen atoms in total. The Labute approximate surface area is 155 Å². The van der Waals surface area contributed by atoms with Gasteiger partial charge in [-0.15, -0.1) is 0 Å². The number of benzene rings is 2. The van der Waals surface area contributed by atoms with Crippen molar-refractivity contribution in [2.45, 2.75) is 31.8 Å². The van der Waals surface area contributed by atoms with Crippen LogP contribution in [0.5, 0.6) is 0 Å². The number of sulfonamides is 1. The highest BCUT2D eigenvalue weighted by Crippen LogP contribution is 2.24. The Morgan fingerprint density at radius 2 is 1.69 bits per heavy atom. The van der Waals surface area contributed by atoms with Crippen molar-refractivity contribution < 1.29 is 13.2 Å². The molecule has 6 heteroatoms. The Morgan fingerprint density at radius 3 is 2.31 bits per heavy atom. The fraction of sp³-hybridized carbons (Fsp3) is 0.350. The maximum Gasteiger partial charge on any atom is 0.238 e. The monoisotopic (exact) mass is 372 g/mol. The fourth-order valence-electron chi connectivity index (χ4n) is 3.39. The van der Waals surface area contributed by atoms with Crippen molar-refractivity contribution in [3.63, 3.8) is 0 Å². The van der Waals surface area contributed by atoms with E-state index in [2.05, 4.69) is 17.4 Å². The molecule has 26 heavy (non-hydrogen) atoms. The van der Waals surface area contributed by atoms with E-state index in [0.717, 1.165) is 22.9 Å². The van der Waals surface area contributed by atoms with Crippen LogP contribution in [0.3, 0.4) is 0 Å². The van der Waals surface area contributed by atoms with Gasteiger partial charge in [-0.25, -0.2) is 8.42 Å². The zero-order valence-corrected chi connectivity index (χ0v) is 15.9. The zero-order chi connectivity index (χ0) is 18.7. The fourth-order valence-corrected chi connectivity index (χ4v) is 4.51. The predicted molar refractivity (Wildman–Crippen MR) is 103 cm³/mol. The van der Waals surface area contributed by atoms with E-state index >= 15 is 0 Å². The van der Waals surface area contributed by atoms with Crippen molar-refractivity contribution in [3.05, 3.63) is 60.2 Å². The third-order valence-corrected chi connectivity index (χ3v) is 6.10. The van der Waals surface area contributed by atoms with Gasteiger partial charge in [0.2, 0.25) is 15.9 Å². The van der Waals surface area contributed by atoms with Crippen LogP contribution in [-0.2, 0) is 14.8 Å². The molecule has 0 aliphatic carbocycles. The zero-order valence-electron chi connectivity index (χ0n) is 15.1. The molecule has 1 amide bonds. The smallest absolute Gasteiger partial charge is 0.238 e. The van der Waals surface area contributed by atoms with E-state index in [9.17, 15) is 13.2 Å². The van der Waals surface area contributed by atoms with Crippen LogP contribution in [0.25, 0.3) is 11.1 Å². The molecule has 1 saturated heterocycles. The summed E-state index contributed by atoms with van der Waals surface area (Å²) in [6.45, 7) is 2.33. The van der Waals surface area contributed by atoms with Crippen molar-refractivity contribution in [2.75, 3.05) is 12.8 Å². The third kappa shape index (κ3) is 4.14. The van der Waals surface area contributed by atoms with Crippen LogP contribution in [0.15, 0.2) is 54.6 Å². The Morgan fingerprint density at radius 1 is 1.08 bits per heavy atom. The summed E-state index contributed by atoms with van der Waals surface area (Å²) < 4.78 is 24.9. The molecule has 1 N–H and O–H groups in total. The highest BCUT2D eigenvalue weighted by molar-refractivity contribution is 7.88. The molecule has 2 aromatic carbocycles. The van der Waals surface area contributed by atoms with Gasteiger partial charge in [-0.05, 0) is 36.5 Å². The summed E-state index contributed by atoms with van der Waals surface area (Å²) >= 11 is 0. The normalized spacial score (nSPS) is 19.2. The number of carbonyl (C=O) groups excluding carboxylic acids is 1. The van der Waals surface area contributed by atoms with Crippen molar-refractivity contribution >= 4 is 15.9 Å². The van der Waals surface area contributed by atoms with E-state index in [1.54, 1.807) is 0 Å². The number of nitrogens with zero attached hydrogens (tertiary/aromatic N) is 1. The average molecular weight is 372 g/mol. The molecule has 0 saturated carbocycles. The lowest BCUT2D eigenvalue weighted by Gasteiger charge is -2.23. The second-order valence-electron chi connectivity index (χ2n) is 6.75. The Kier molecular flexibility index (Phi) is 5.44. The van der Waals surface area contributed by atoms with Crippen LogP contribution < -0.4 is 5.32 Å². The molecule has 0 spiro atoms. The number of nitrogens with one attached hydrogen (secondary N) is 1. The van der Waals surface area contributed by atoms with Crippen LogP contribution in [0.2, 0.25) is 0 Å². The van der Waals surface area contributed by atoms with Crippen LogP contribution in [0.1, 0.15) is 31.4 Å². The van der Waals surface area contributed by atoms with Gasteiger partial charge in [0.25, 0.3) is 0 Å². The van der Waals surface area contributed by atoms with E-state index < -0.39 is 16.1 Å². The van der Waals surface area contributed by atoms with Crippen LogP contribution >= 0.6 is 0 Å². The Hall–Kier alpha value is -2.18. The van der Waals surface area contributed by atoms with Crippen molar-refractivity contribution in [2.24, 2.45) is 0 Å². The maximum atomic E-state index is 12.6. The van der Waals surface area contributed by atoms with Crippen molar-refractivity contribution in [1.82, 2.24) is 9.62 Å². The topological polar surface area (TPSA) is 66.5 Å². The second-order valence-corrected chi connectivity index (χ2v) is 8.69. The van der Waals surface area contributed by atoms with Crippen molar-refractivity contribution in [3.8, 4) is 11.1 Å². The lowest BCUT2D eigenvalue weighted by molar-refractivity contribution is -0.124. The molecule has 0 radical (unpaired) electrons. The highest BCUT2D eigenvalue weighted by Gasteiger charge is 2.36. The summed E-state index contributed by atoms with van der Waals surface area (Å²) in [6, 6.07) is 17.4. The molecule has 138 valence electrons. The van der Waals surface area contributed by atoms with E-state index in [1.165, 1.54) is 4.31 Å². The third-order valence-electron chi connectivity index (χ3n) is 4.81. The Balaban J connectivity index is 1.68. The van der Waals surface area contributed by atoms with Gasteiger partial charge in [-0.1, -0.05) is 54.6 Å². The molecule has 1 aliphatic heterocycles. The Bertz CT molecular complexity index is 864. The van der Waals surface area contributed by atoms with E-state index in [0.29, 0.717) is 19.4 Å². The number of hydrogen-bond donors (Lipinski definition) is 1. The largest absolute Gasteiger partial charge is 0.348 e. The molecule has 2 atom stereocenters. The standard InChI is InChI=1S/C20H24N2O3S/c1-15(21-20(23)19-9-6-14-22(19)26(2,24)25)16-10-12-18(13-11-16)17-7-4-3-5-8-17/h3-5,7-8,10-13,15,19H,6,9,14H2,1-2H3,(H,21,23)/t15-,19-/m1/s1. The summed E-state index contributed by atoms with van der Waals surface area (Å²) in [5.41, 5.74) is 3.25. The molecule has 0 unspecified atom stereocenters. The minimum atomic E-state index is -3.36. The molecule has 2 aromatic rings. The van der Waals surface area contributed by atoms with Gasteiger partial charge in [-0.3, -0.25) is 4.79 Å². The van der Waals surface area contributed by atoms with Crippen LogP contribution in [-0.4, -0.2) is 37.5 Å². The van der Waals surface area contributed by atoms with Crippen molar-refractivity contribution in [1.29, 1.82) is 0 Å². The lowest BCUT2D eigenvalue weighted by atomic mass is 10.0. The summed E-state index contributed by atoms with van der Waals surface area (Å²) in [5.74, 6) is -0.229. The lowest BCUT2D eigenvalue weighted by Crippen LogP contribution is -2.46. The number of amides is 1.